The van der Waals surface area contributed by atoms with Gasteiger partial charge in [0.05, 0.1) is 19.8 Å². The summed E-state index contributed by atoms with van der Waals surface area (Å²) >= 11 is 0. The van der Waals surface area contributed by atoms with Crippen molar-refractivity contribution in [1.29, 1.82) is 0 Å². The lowest BCUT2D eigenvalue weighted by Crippen LogP contribution is -2.64. The Balaban J connectivity index is 1.26. The third-order valence-electron chi connectivity index (χ3n) is 9.51. The Labute approximate surface area is 300 Å². The summed E-state index contributed by atoms with van der Waals surface area (Å²) in [6.07, 6.45) is -4.01. The van der Waals surface area contributed by atoms with Crippen LogP contribution in [0, 0.1) is 0 Å². The number of unbranched alkanes of at least 4 members (excludes halogenated alkanes) is 4. The minimum absolute atomic E-state index is 0.143. The van der Waals surface area contributed by atoms with Gasteiger partial charge in [-0.25, -0.2) is 0 Å². The van der Waals surface area contributed by atoms with E-state index in [2.05, 4.69) is 6.92 Å². The summed E-state index contributed by atoms with van der Waals surface area (Å²) in [5.41, 5.74) is 1.76. The van der Waals surface area contributed by atoms with Crippen molar-refractivity contribution in [1.82, 2.24) is 0 Å². The van der Waals surface area contributed by atoms with Crippen LogP contribution in [-0.4, -0.2) is 91.2 Å². The molecule has 6 rings (SSSR count). The zero-order valence-electron chi connectivity index (χ0n) is 30.3. The Kier molecular flexibility index (Phi) is 12.8. The first-order valence-electron chi connectivity index (χ1n) is 18.4. The highest BCUT2D eigenvalue weighted by molar-refractivity contribution is 5.69. The quantitative estimate of drug-likeness (QED) is 0.138. The monoisotopic (exact) mass is 714 g/mol. The highest BCUT2D eigenvalue weighted by Crippen LogP contribution is 2.40. The molecule has 12 heteroatoms. The number of hydrogen-bond acceptors (Lipinski definition) is 12. The van der Waals surface area contributed by atoms with E-state index in [4.69, 9.17) is 47.4 Å². The van der Waals surface area contributed by atoms with Gasteiger partial charge in [-0.15, -0.1) is 0 Å². The lowest BCUT2D eigenvalue weighted by molar-refractivity contribution is -0.386. The summed E-state index contributed by atoms with van der Waals surface area (Å²) < 4.78 is 62.5. The van der Waals surface area contributed by atoms with E-state index in [1.807, 2.05) is 74.5 Å². The molecule has 10 atom stereocenters. The van der Waals surface area contributed by atoms with Crippen molar-refractivity contribution in [3.63, 3.8) is 0 Å². The average Bonchev–Trinajstić information content (AvgIpc) is 3.65. The van der Waals surface area contributed by atoms with Crippen molar-refractivity contribution in [2.45, 2.75) is 153 Å². The second kappa shape index (κ2) is 17.1. The second-order valence-electron chi connectivity index (χ2n) is 14.6. The Morgan fingerprint density at radius 3 is 2.25 bits per heavy atom. The third kappa shape index (κ3) is 9.94. The average molecular weight is 715 g/mol. The number of ether oxygens (including phenoxy) is 10. The zero-order chi connectivity index (χ0) is 36.0. The van der Waals surface area contributed by atoms with E-state index in [1.165, 1.54) is 0 Å². The minimum atomic E-state index is -1.57. The van der Waals surface area contributed by atoms with Crippen LogP contribution in [-0.2, 0) is 58.8 Å². The van der Waals surface area contributed by atoms with Crippen LogP contribution < -0.4 is 0 Å². The van der Waals surface area contributed by atoms with E-state index in [1.54, 1.807) is 13.8 Å². The third-order valence-corrected chi connectivity index (χ3v) is 9.51. The smallest absolute Gasteiger partial charge is 0.306 e. The van der Waals surface area contributed by atoms with Crippen LogP contribution in [0.25, 0.3) is 0 Å². The van der Waals surface area contributed by atoms with Crippen LogP contribution in [0.1, 0.15) is 90.6 Å². The summed E-state index contributed by atoms with van der Waals surface area (Å²) in [5.74, 6) is -2.28. The highest BCUT2D eigenvalue weighted by Gasteiger charge is 2.56. The Morgan fingerprint density at radius 2 is 1.55 bits per heavy atom. The molecule has 2 aromatic rings. The Bertz CT molecular complexity index is 1370. The van der Waals surface area contributed by atoms with Gasteiger partial charge in [-0.3, -0.25) is 4.79 Å². The van der Waals surface area contributed by atoms with E-state index >= 15 is 0 Å². The molecule has 4 fully saturated rings. The number of carbonyl (C=O) groups is 1. The van der Waals surface area contributed by atoms with E-state index in [9.17, 15) is 9.90 Å². The van der Waals surface area contributed by atoms with E-state index in [0.717, 1.165) is 36.8 Å². The number of hydrogen-bond donors (Lipinski definition) is 1. The molecule has 0 bridgehead atoms. The molecule has 282 valence electrons. The molecule has 0 amide bonds. The molecule has 0 radical (unpaired) electrons. The fourth-order valence-electron chi connectivity index (χ4n) is 7.02. The second-order valence-corrected chi connectivity index (χ2v) is 14.6. The minimum Gasteiger partial charge on any atom is -0.454 e. The summed E-state index contributed by atoms with van der Waals surface area (Å²) in [4.78, 5) is 13.5. The van der Waals surface area contributed by atoms with Gasteiger partial charge in [-0.1, -0.05) is 93.3 Å². The van der Waals surface area contributed by atoms with Crippen molar-refractivity contribution >= 4 is 5.97 Å². The van der Waals surface area contributed by atoms with E-state index in [-0.39, 0.29) is 26.2 Å². The van der Waals surface area contributed by atoms with Crippen LogP contribution in [0.2, 0.25) is 0 Å². The highest BCUT2D eigenvalue weighted by atomic mass is 16.8. The maximum atomic E-state index is 13.5. The molecule has 12 nitrogen and oxygen atoms in total. The van der Waals surface area contributed by atoms with Gasteiger partial charge in [0.1, 0.15) is 36.6 Å². The number of esters is 1. The number of aliphatic hydroxyl groups excluding tert-OH is 1. The van der Waals surface area contributed by atoms with Gasteiger partial charge in [0.2, 0.25) is 6.29 Å². The molecule has 4 heterocycles. The first-order valence-corrected chi connectivity index (χ1v) is 18.4. The maximum absolute atomic E-state index is 13.5. The van der Waals surface area contributed by atoms with Crippen LogP contribution in [0.15, 0.2) is 60.7 Å². The van der Waals surface area contributed by atoms with Gasteiger partial charge in [0, 0.05) is 12.0 Å². The van der Waals surface area contributed by atoms with Crippen molar-refractivity contribution in [3.8, 4) is 0 Å². The van der Waals surface area contributed by atoms with Gasteiger partial charge in [0.25, 0.3) is 0 Å². The molecule has 2 unspecified atom stereocenters. The van der Waals surface area contributed by atoms with Gasteiger partial charge in [-0.05, 0) is 39.7 Å². The van der Waals surface area contributed by atoms with Crippen LogP contribution in [0.5, 0.6) is 0 Å². The summed E-state index contributed by atoms with van der Waals surface area (Å²) in [5, 5.41) is 11.7. The molecule has 4 aliphatic heterocycles. The van der Waals surface area contributed by atoms with Crippen molar-refractivity contribution in [3.05, 3.63) is 71.8 Å². The first-order chi connectivity index (χ1) is 24.5. The van der Waals surface area contributed by atoms with Gasteiger partial charge >= 0.3 is 5.97 Å². The van der Waals surface area contributed by atoms with Gasteiger partial charge in [-0.2, -0.15) is 0 Å². The van der Waals surface area contributed by atoms with Gasteiger partial charge in [0.15, 0.2) is 30.3 Å². The molecule has 0 spiro atoms. The Hall–Kier alpha value is -2.49. The van der Waals surface area contributed by atoms with E-state index in [0.29, 0.717) is 6.42 Å². The summed E-state index contributed by atoms with van der Waals surface area (Å²) in [6.45, 7) is 9.90. The topological polar surface area (TPSA) is 130 Å². The summed E-state index contributed by atoms with van der Waals surface area (Å²) in [6, 6.07) is 19.3. The van der Waals surface area contributed by atoms with Crippen LogP contribution in [0.4, 0.5) is 0 Å². The normalized spacial score (nSPS) is 33.4. The number of carbonyl (C=O) groups excluding carboxylic acids is 1. The lowest BCUT2D eigenvalue weighted by Gasteiger charge is -2.49. The lowest BCUT2D eigenvalue weighted by atomic mass is 9.96. The molecule has 0 aromatic heterocycles. The zero-order valence-corrected chi connectivity index (χ0v) is 30.3. The fraction of sp³-hybridized carbons (Fsp3) is 0.667. The number of fused-ring (bicyclic) bond motifs is 1. The maximum Gasteiger partial charge on any atom is 0.306 e. The molecule has 51 heavy (non-hydrogen) atoms. The van der Waals surface area contributed by atoms with E-state index < -0.39 is 79.1 Å². The summed E-state index contributed by atoms with van der Waals surface area (Å²) in [7, 11) is 0. The van der Waals surface area contributed by atoms with Crippen LogP contribution in [0.3, 0.4) is 0 Å². The molecule has 0 saturated carbocycles. The van der Waals surface area contributed by atoms with Gasteiger partial charge < -0.3 is 52.5 Å². The molecule has 4 aliphatic rings. The molecular weight excluding hydrogens is 660 g/mol. The number of benzene rings is 2. The van der Waals surface area contributed by atoms with Crippen molar-refractivity contribution < 1.29 is 57.3 Å². The number of rotatable bonds is 15. The standard InChI is InChI=1S/C39H54O12/c1-6-7-8-9-16-21-29(40)46-34-32(42-22-25-17-12-10-13-18-25)30-27(23-43-36(47-30)26-19-14-11-15-20-26)45-37(34)48-35(41)33-31(50-39(4,5)51-33)28-24-44-38(2,3)49-28/h10-15,17-20,27-28,30-37,41H,6-9,16,21-24H2,1-5H3/t27-,28-,30-,31-,32+,33-,34+,35?,36?,37+/m1/s1. The largest absolute Gasteiger partial charge is 0.454 e. The van der Waals surface area contributed by atoms with Crippen molar-refractivity contribution in [2.24, 2.45) is 0 Å². The molecule has 0 aliphatic carbocycles. The predicted octanol–water partition coefficient (Wildman–Crippen LogP) is 5.69. The number of aliphatic hydroxyl groups is 1. The van der Waals surface area contributed by atoms with Crippen LogP contribution >= 0.6 is 0 Å². The molecule has 1 N–H and O–H groups in total. The Morgan fingerprint density at radius 1 is 0.824 bits per heavy atom. The SMILES string of the molecule is CCCCCCCC(=O)O[C@@H]1[C@H](OC(O)[C@@H]2OC(C)(C)O[C@@H]2[C@H]2COC(C)(C)O2)O[C@@H]2COC(c3ccccc3)O[C@H]2[C@@H]1OCc1ccccc1. The van der Waals surface area contributed by atoms with Crippen molar-refractivity contribution in [2.75, 3.05) is 13.2 Å². The first kappa shape index (κ1) is 38.2. The fourth-order valence-corrected chi connectivity index (χ4v) is 7.02. The molecular formula is C39H54O12. The predicted molar refractivity (Wildman–Crippen MR) is 183 cm³/mol. The molecule has 2 aromatic carbocycles. The molecule has 4 saturated heterocycles.